The maximum absolute atomic E-state index is 11.6. The van der Waals surface area contributed by atoms with Crippen molar-refractivity contribution in [1.82, 2.24) is 4.40 Å². The van der Waals surface area contributed by atoms with Crippen molar-refractivity contribution >= 4 is 29.4 Å². The normalized spacial score (nSPS) is 11.9. The van der Waals surface area contributed by atoms with Crippen molar-refractivity contribution in [2.45, 2.75) is 12.5 Å². The topological polar surface area (TPSA) is 183 Å². The Hall–Kier alpha value is -3.44. The number of hydrogen-bond donors (Lipinski definition) is 5. The number of carboxylic acid groups (broad SMARTS) is 3. The van der Waals surface area contributed by atoms with Crippen LogP contribution in [0.15, 0.2) is 12.4 Å². The smallest absolute Gasteiger partial charge is 0.338 e. The van der Waals surface area contributed by atoms with E-state index in [4.69, 9.17) is 14.9 Å². The van der Waals surface area contributed by atoms with Crippen molar-refractivity contribution in [3.63, 3.8) is 0 Å². The average Bonchev–Trinajstić information content (AvgIpc) is 2.93. The summed E-state index contributed by atoms with van der Waals surface area (Å²) in [5, 5.41) is 45.5. The molecule has 0 amide bonds. The van der Waals surface area contributed by atoms with Crippen LogP contribution in [0, 0.1) is 6.07 Å². The number of hydrogen-bond acceptors (Lipinski definition) is 7. The lowest BCUT2D eigenvalue weighted by Crippen LogP contribution is -2.20. The van der Waals surface area contributed by atoms with Gasteiger partial charge in [0.25, 0.3) is 0 Å². The first kappa shape index (κ1) is 18.9. The van der Waals surface area contributed by atoms with E-state index in [1.165, 1.54) is 0 Å². The van der Waals surface area contributed by atoms with Crippen LogP contribution in [0.1, 0.15) is 37.5 Å². The van der Waals surface area contributed by atoms with Crippen molar-refractivity contribution in [2.75, 3.05) is 6.61 Å². The zero-order valence-electron chi connectivity index (χ0n) is 12.9. The second kappa shape index (κ2) is 7.21. The maximum Gasteiger partial charge on any atom is 0.338 e. The first-order valence-electron chi connectivity index (χ1n) is 6.96. The number of aliphatic hydroxyl groups is 2. The van der Waals surface area contributed by atoms with Crippen molar-refractivity contribution in [3.8, 4) is 5.75 Å². The van der Waals surface area contributed by atoms with E-state index in [0.717, 1.165) is 16.8 Å². The molecule has 1 radical (unpaired) electrons. The number of ether oxygens (including phenoxy) is 1. The molecule has 11 heteroatoms. The molecule has 26 heavy (non-hydrogen) atoms. The maximum atomic E-state index is 11.6. The molecule has 137 valence electrons. The molecule has 0 saturated carbocycles. The minimum Gasteiger partial charge on any atom is -0.478 e. The molecule has 0 fully saturated rings. The fourth-order valence-electron chi connectivity index (χ4n) is 2.22. The molecule has 1 atom stereocenters. The predicted octanol–water partition coefficient (Wildman–Crippen LogP) is -0.517. The van der Waals surface area contributed by atoms with Gasteiger partial charge in [0.05, 0.1) is 53.6 Å². The fourth-order valence-corrected chi connectivity index (χ4v) is 2.22. The van der Waals surface area contributed by atoms with E-state index in [0.29, 0.717) is 0 Å². The van der Waals surface area contributed by atoms with E-state index >= 15 is 0 Å². The van der Waals surface area contributed by atoms with Gasteiger partial charge in [-0.05, 0) is 0 Å². The van der Waals surface area contributed by atoms with E-state index in [1.807, 2.05) is 0 Å². The molecule has 2 heterocycles. The van der Waals surface area contributed by atoms with Crippen molar-refractivity contribution in [1.29, 1.82) is 0 Å². The number of carbonyl (C=O) groups is 4. The quantitative estimate of drug-likeness (QED) is 0.400. The number of nitrogens with zero attached hydrogens (tertiary/aromatic N) is 1. The molecule has 0 saturated heterocycles. The number of aromatic carboxylic acids is 3. The highest BCUT2D eigenvalue weighted by molar-refractivity contribution is 6.12. The summed E-state index contributed by atoms with van der Waals surface area (Å²) in [6.07, 6.45) is -0.0258. The van der Waals surface area contributed by atoms with E-state index in [9.17, 15) is 34.5 Å². The zero-order chi connectivity index (χ0) is 19.6. The third kappa shape index (κ3) is 3.63. The Morgan fingerprint density at radius 1 is 1.04 bits per heavy atom. The van der Waals surface area contributed by atoms with Gasteiger partial charge in [-0.3, -0.25) is 4.79 Å². The summed E-state index contributed by atoms with van der Waals surface area (Å²) >= 11 is 0. The Morgan fingerprint density at radius 2 is 1.65 bits per heavy atom. The Labute approximate surface area is 144 Å². The van der Waals surface area contributed by atoms with Gasteiger partial charge >= 0.3 is 23.9 Å². The van der Waals surface area contributed by atoms with Crippen LogP contribution >= 0.6 is 0 Å². The number of carbonyl (C=O) groups excluding carboxylic acids is 1. The minimum atomic E-state index is -1.76. The molecule has 2 aromatic heterocycles. The Morgan fingerprint density at radius 3 is 2.15 bits per heavy atom. The summed E-state index contributed by atoms with van der Waals surface area (Å²) in [5.41, 5.74) is -2.89. The molecule has 2 rings (SSSR count). The molecular weight excluding hydrogens is 354 g/mol. The fraction of sp³-hybridized carbons (Fsp3) is 0.200. The van der Waals surface area contributed by atoms with Crippen molar-refractivity contribution in [3.05, 3.63) is 35.2 Å². The Kier molecular flexibility index (Phi) is 5.24. The number of carboxylic acids is 3. The first-order chi connectivity index (χ1) is 12.1. The SMILES string of the molecule is O=C(CC(O)CO)Oc1[c]c2c(C(=O)O)c(C(=O)O)c(C(=O)O)cn2c1. The highest BCUT2D eigenvalue weighted by Gasteiger charge is 2.28. The van der Waals surface area contributed by atoms with Crippen LogP contribution < -0.4 is 4.74 Å². The second-order valence-electron chi connectivity index (χ2n) is 5.10. The van der Waals surface area contributed by atoms with Gasteiger partial charge < -0.3 is 34.7 Å². The summed E-state index contributed by atoms with van der Waals surface area (Å²) in [6.45, 7) is -0.677. The standard InChI is InChI=1S/C15H12NO10/c17-5-6(18)1-10(19)26-7-2-9-12(15(24)25)11(14(22)23)8(13(20)21)4-16(9)3-7/h3-4,6,17-18H,1,5H2,(H,20,21)(H,22,23)(H,24,25). The highest BCUT2D eigenvalue weighted by Crippen LogP contribution is 2.26. The molecule has 0 aliphatic carbocycles. The lowest BCUT2D eigenvalue weighted by Gasteiger charge is -2.08. The summed E-state index contributed by atoms with van der Waals surface area (Å²) in [5.74, 6) is -6.42. The Bertz CT molecular complexity index is 913. The van der Waals surface area contributed by atoms with Crippen LogP contribution in [0.25, 0.3) is 5.52 Å². The van der Waals surface area contributed by atoms with Gasteiger partial charge in [0.2, 0.25) is 0 Å². The zero-order valence-corrected chi connectivity index (χ0v) is 12.9. The summed E-state index contributed by atoms with van der Waals surface area (Å²) in [6, 6.07) is 2.37. The number of aliphatic hydroxyl groups excluding tert-OH is 2. The van der Waals surface area contributed by atoms with Crippen molar-refractivity contribution in [2.24, 2.45) is 0 Å². The van der Waals surface area contributed by atoms with E-state index < -0.39 is 59.7 Å². The summed E-state index contributed by atoms with van der Waals surface area (Å²) in [4.78, 5) is 45.7. The van der Waals surface area contributed by atoms with Gasteiger partial charge in [0.15, 0.2) is 5.75 Å². The van der Waals surface area contributed by atoms with Crippen LogP contribution in [0.3, 0.4) is 0 Å². The molecule has 2 aromatic rings. The predicted molar refractivity (Wildman–Crippen MR) is 80.5 cm³/mol. The van der Waals surface area contributed by atoms with Crippen LogP contribution in [0.5, 0.6) is 5.75 Å². The summed E-state index contributed by atoms with van der Waals surface area (Å²) in [7, 11) is 0. The van der Waals surface area contributed by atoms with Gasteiger partial charge in [-0.1, -0.05) is 0 Å². The van der Waals surface area contributed by atoms with Crippen LogP contribution in [-0.4, -0.2) is 66.5 Å². The largest absolute Gasteiger partial charge is 0.478 e. The van der Waals surface area contributed by atoms with Gasteiger partial charge in [0.1, 0.15) is 0 Å². The molecular formula is C15H12NO10. The van der Waals surface area contributed by atoms with Crippen molar-refractivity contribution < 1.29 is 49.4 Å². The van der Waals surface area contributed by atoms with Gasteiger partial charge in [-0.25, -0.2) is 14.4 Å². The van der Waals surface area contributed by atoms with Crippen LogP contribution in [0.4, 0.5) is 0 Å². The van der Waals surface area contributed by atoms with Gasteiger partial charge in [0, 0.05) is 6.20 Å². The van der Waals surface area contributed by atoms with Crippen LogP contribution in [-0.2, 0) is 4.79 Å². The molecule has 1 unspecified atom stereocenters. The lowest BCUT2D eigenvalue weighted by molar-refractivity contribution is -0.137. The molecule has 0 spiro atoms. The van der Waals surface area contributed by atoms with E-state index in [2.05, 4.69) is 6.07 Å². The Balaban J connectivity index is 2.59. The highest BCUT2D eigenvalue weighted by atomic mass is 16.5. The second-order valence-corrected chi connectivity index (χ2v) is 5.10. The number of fused-ring (bicyclic) bond motifs is 1. The molecule has 11 nitrogen and oxygen atoms in total. The summed E-state index contributed by atoms with van der Waals surface area (Å²) < 4.78 is 5.78. The third-order valence-electron chi connectivity index (χ3n) is 3.28. The van der Waals surface area contributed by atoms with Gasteiger partial charge in [-0.2, -0.15) is 0 Å². The van der Waals surface area contributed by atoms with E-state index in [1.54, 1.807) is 0 Å². The number of aromatic nitrogens is 1. The molecule has 0 aliphatic rings. The molecule has 0 aliphatic heterocycles. The van der Waals surface area contributed by atoms with Crippen LogP contribution in [0.2, 0.25) is 0 Å². The molecule has 5 N–H and O–H groups in total. The number of pyridine rings is 1. The first-order valence-corrected chi connectivity index (χ1v) is 6.96. The monoisotopic (exact) mass is 366 g/mol. The molecule has 0 aromatic carbocycles. The minimum absolute atomic E-state index is 0.318. The number of rotatable bonds is 7. The lowest BCUT2D eigenvalue weighted by atomic mass is 10.0. The average molecular weight is 366 g/mol. The van der Waals surface area contributed by atoms with E-state index in [-0.39, 0.29) is 11.3 Å². The number of esters is 1. The third-order valence-corrected chi connectivity index (χ3v) is 3.28. The van der Waals surface area contributed by atoms with Gasteiger partial charge in [-0.15, -0.1) is 0 Å². The molecule has 0 bridgehead atoms.